The molecule has 49 heavy (non-hydrogen) atoms. The van der Waals surface area contributed by atoms with E-state index >= 15 is 0 Å². The van der Waals surface area contributed by atoms with Gasteiger partial charge in [-0.1, -0.05) is 109 Å². The van der Waals surface area contributed by atoms with Crippen LogP contribution in [0.3, 0.4) is 0 Å². The predicted octanol–water partition coefficient (Wildman–Crippen LogP) is 12.2. The SMILES string of the molecule is CCCCCCCCCCCCCOc1ccc(C(=O)Oc2ccc(C#Cc3ccc(OC(C)CCCCCC)c(F)c3)cc2)c(F)c1F. The van der Waals surface area contributed by atoms with Gasteiger partial charge in [-0.2, -0.15) is 4.39 Å². The molecule has 0 heterocycles. The lowest BCUT2D eigenvalue weighted by atomic mass is 10.1. The third-order valence-corrected chi connectivity index (χ3v) is 8.41. The molecule has 0 saturated heterocycles. The first kappa shape index (κ1) is 39.5. The minimum atomic E-state index is -1.31. The van der Waals surface area contributed by atoms with E-state index in [1.165, 1.54) is 94.5 Å². The summed E-state index contributed by atoms with van der Waals surface area (Å²) in [5.74, 6) is 1.97. The Morgan fingerprint density at radius 2 is 1.20 bits per heavy atom. The highest BCUT2D eigenvalue weighted by Gasteiger charge is 2.21. The fourth-order valence-corrected chi connectivity index (χ4v) is 5.47. The van der Waals surface area contributed by atoms with Crippen LogP contribution in [0.25, 0.3) is 0 Å². The summed E-state index contributed by atoms with van der Waals surface area (Å²) in [6.45, 7) is 6.61. The number of hydrogen-bond donors (Lipinski definition) is 0. The summed E-state index contributed by atoms with van der Waals surface area (Å²) in [7, 11) is 0. The molecule has 3 aromatic carbocycles. The molecular formula is C42H53F3O4. The van der Waals surface area contributed by atoms with Crippen molar-refractivity contribution in [1.29, 1.82) is 0 Å². The quantitative estimate of drug-likeness (QED) is 0.0459. The van der Waals surface area contributed by atoms with Gasteiger partial charge in [-0.3, -0.25) is 0 Å². The lowest BCUT2D eigenvalue weighted by molar-refractivity contribution is 0.0728. The maximum absolute atomic E-state index is 14.8. The molecule has 0 aromatic heterocycles. The standard InChI is InChI=1S/C42H53F3O4/c1-4-6-8-10-11-12-13-14-15-16-18-30-47-39-29-27-36(40(44)41(39)45)42(46)49-35-25-22-33(23-26-35)20-21-34-24-28-38(37(43)31-34)48-32(3)19-17-9-7-5-2/h22-29,31-32H,4-19,30H2,1-3H3. The highest BCUT2D eigenvalue weighted by molar-refractivity contribution is 5.91. The van der Waals surface area contributed by atoms with Crippen molar-refractivity contribution in [3.8, 4) is 29.1 Å². The zero-order valence-electron chi connectivity index (χ0n) is 29.6. The van der Waals surface area contributed by atoms with E-state index < -0.39 is 29.0 Å². The van der Waals surface area contributed by atoms with Crippen molar-refractivity contribution in [3.05, 3.63) is 88.7 Å². The van der Waals surface area contributed by atoms with E-state index in [9.17, 15) is 18.0 Å². The van der Waals surface area contributed by atoms with Crippen LogP contribution in [-0.4, -0.2) is 18.7 Å². The predicted molar refractivity (Wildman–Crippen MR) is 191 cm³/mol. The van der Waals surface area contributed by atoms with Crippen molar-refractivity contribution >= 4 is 5.97 Å². The largest absolute Gasteiger partial charge is 0.490 e. The Morgan fingerprint density at radius 1 is 0.653 bits per heavy atom. The van der Waals surface area contributed by atoms with E-state index in [1.54, 1.807) is 24.3 Å². The zero-order valence-corrected chi connectivity index (χ0v) is 29.6. The van der Waals surface area contributed by atoms with Gasteiger partial charge in [0.1, 0.15) is 5.75 Å². The van der Waals surface area contributed by atoms with E-state index in [4.69, 9.17) is 14.2 Å². The van der Waals surface area contributed by atoms with E-state index in [-0.39, 0.29) is 30.0 Å². The van der Waals surface area contributed by atoms with Crippen molar-refractivity contribution in [2.45, 2.75) is 130 Å². The number of carbonyl (C=O) groups is 1. The summed E-state index contributed by atoms with van der Waals surface area (Å²) in [6, 6.07) is 13.3. The average molecular weight is 679 g/mol. The molecule has 1 atom stereocenters. The van der Waals surface area contributed by atoms with Crippen molar-refractivity contribution in [2.24, 2.45) is 0 Å². The van der Waals surface area contributed by atoms with E-state index in [2.05, 4.69) is 25.7 Å². The lowest BCUT2D eigenvalue weighted by Crippen LogP contribution is -2.12. The smallest absolute Gasteiger partial charge is 0.346 e. The van der Waals surface area contributed by atoms with Crippen LogP contribution in [0.1, 0.15) is 145 Å². The molecule has 0 saturated carbocycles. The Hall–Kier alpha value is -3.92. The topological polar surface area (TPSA) is 44.8 Å². The molecule has 0 bridgehead atoms. The van der Waals surface area contributed by atoms with Crippen LogP contribution in [0.15, 0.2) is 54.6 Å². The molecule has 0 N–H and O–H groups in total. The van der Waals surface area contributed by atoms with Crippen molar-refractivity contribution in [1.82, 2.24) is 0 Å². The van der Waals surface area contributed by atoms with Crippen molar-refractivity contribution in [2.75, 3.05) is 6.61 Å². The summed E-state index contributed by atoms with van der Waals surface area (Å²) in [5.41, 5.74) is 0.557. The van der Waals surface area contributed by atoms with Gasteiger partial charge < -0.3 is 14.2 Å². The highest BCUT2D eigenvalue weighted by atomic mass is 19.2. The fraction of sp³-hybridized carbons (Fsp3) is 0.500. The third-order valence-electron chi connectivity index (χ3n) is 8.41. The second-order valence-electron chi connectivity index (χ2n) is 12.7. The first-order valence-electron chi connectivity index (χ1n) is 18.2. The van der Waals surface area contributed by atoms with Gasteiger partial charge in [0.2, 0.25) is 5.82 Å². The average Bonchev–Trinajstić information content (AvgIpc) is 3.09. The lowest BCUT2D eigenvalue weighted by Gasteiger charge is -2.15. The van der Waals surface area contributed by atoms with Crippen LogP contribution in [0.4, 0.5) is 13.2 Å². The molecular weight excluding hydrogens is 625 g/mol. The first-order valence-corrected chi connectivity index (χ1v) is 18.2. The minimum absolute atomic E-state index is 0.0753. The number of hydrogen-bond acceptors (Lipinski definition) is 4. The maximum Gasteiger partial charge on any atom is 0.346 e. The molecule has 0 aliphatic heterocycles. The van der Waals surface area contributed by atoms with Gasteiger partial charge in [0.05, 0.1) is 18.3 Å². The van der Waals surface area contributed by atoms with Crippen LogP contribution < -0.4 is 14.2 Å². The second kappa shape index (κ2) is 22.7. The van der Waals surface area contributed by atoms with E-state index in [0.717, 1.165) is 38.5 Å². The van der Waals surface area contributed by atoms with Gasteiger partial charge in [0, 0.05) is 11.1 Å². The van der Waals surface area contributed by atoms with Crippen LogP contribution in [0, 0.1) is 29.3 Å². The van der Waals surface area contributed by atoms with Gasteiger partial charge >= 0.3 is 5.97 Å². The maximum atomic E-state index is 14.8. The summed E-state index contributed by atoms with van der Waals surface area (Å²) >= 11 is 0. The number of benzene rings is 3. The molecule has 1 unspecified atom stereocenters. The monoisotopic (exact) mass is 678 g/mol. The number of carbonyl (C=O) groups excluding carboxylic acids is 1. The Morgan fingerprint density at radius 3 is 1.84 bits per heavy atom. The molecule has 0 amide bonds. The second-order valence-corrected chi connectivity index (χ2v) is 12.7. The van der Waals surface area contributed by atoms with E-state index in [0.29, 0.717) is 11.1 Å². The van der Waals surface area contributed by atoms with Gasteiger partial charge in [-0.05, 0) is 80.8 Å². The first-order chi connectivity index (χ1) is 23.8. The van der Waals surface area contributed by atoms with Crippen molar-refractivity contribution < 1.29 is 32.2 Å². The van der Waals surface area contributed by atoms with Gasteiger partial charge in [0.25, 0.3) is 0 Å². The van der Waals surface area contributed by atoms with Crippen LogP contribution in [0.5, 0.6) is 17.2 Å². The van der Waals surface area contributed by atoms with Crippen LogP contribution in [-0.2, 0) is 0 Å². The summed E-state index contributed by atoms with van der Waals surface area (Å²) in [4.78, 5) is 12.6. The molecule has 7 heteroatoms. The fourth-order valence-electron chi connectivity index (χ4n) is 5.47. The van der Waals surface area contributed by atoms with Crippen molar-refractivity contribution in [3.63, 3.8) is 0 Å². The molecule has 266 valence electrons. The number of esters is 1. The normalized spacial score (nSPS) is 11.5. The Kier molecular flexibility index (Phi) is 18.3. The van der Waals surface area contributed by atoms with Gasteiger partial charge in [-0.15, -0.1) is 0 Å². The molecule has 3 aromatic rings. The molecule has 0 aliphatic carbocycles. The third kappa shape index (κ3) is 14.6. The molecule has 3 rings (SSSR count). The number of halogens is 3. The number of rotatable bonds is 22. The summed E-state index contributed by atoms with van der Waals surface area (Å²) < 4.78 is 60.6. The molecule has 0 aliphatic rings. The Balaban J connectivity index is 1.43. The molecule has 4 nitrogen and oxygen atoms in total. The Labute approximate surface area is 291 Å². The zero-order chi connectivity index (χ0) is 35.3. The van der Waals surface area contributed by atoms with Gasteiger partial charge in [0.15, 0.2) is 23.1 Å². The van der Waals surface area contributed by atoms with Gasteiger partial charge in [-0.25, -0.2) is 13.6 Å². The molecule has 0 radical (unpaired) electrons. The van der Waals surface area contributed by atoms with Crippen LogP contribution in [0.2, 0.25) is 0 Å². The van der Waals surface area contributed by atoms with E-state index in [1.807, 2.05) is 6.92 Å². The number of ether oxygens (including phenoxy) is 3. The molecule has 0 fully saturated rings. The number of unbranched alkanes of at least 4 members (excludes halogenated alkanes) is 13. The summed E-state index contributed by atoms with van der Waals surface area (Å²) in [6.07, 6.45) is 18.4. The molecule has 0 spiro atoms. The highest BCUT2D eigenvalue weighted by Crippen LogP contribution is 2.25. The minimum Gasteiger partial charge on any atom is -0.490 e. The Bertz CT molecular complexity index is 1480. The summed E-state index contributed by atoms with van der Waals surface area (Å²) in [5, 5.41) is 0. The van der Waals surface area contributed by atoms with Crippen LogP contribution >= 0.6 is 0 Å².